The van der Waals surface area contributed by atoms with Crippen molar-refractivity contribution < 1.29 is 4.79 Å². The number of aromatic amines is 2. The van der Waals surface area contributed by atoms with Gasteiger partial charge in [0.2, 0.25) is 0 Å². The van der Waals surface area contributed by atoms with Gasteiger partial charge in [0.1, 0.15) is 5.82 Å². The lowest BCUT2D eigenvalue weighted by Gasteiger charge is -2.06. The molecule has 2 aromatic heterocycles. The standard InChI is InChI=1S/C28H20N4O/c33-28(30-23-12-10-19-14-15-29-25(19)17-23)21-8-6-20(7-9-21)27-31-24-13-11-22(16-26(24)32-27)18-4-2-1-3-5-18/h1-17,29H,(H,30,33)(H,31,32). The zero-order valence-corrected chi connectivity index (χ0v) is 17.7. The maximum absolute atomic E-state index is 12.7. The summed E-state index contributed by atoms with van der Waals surface area (Å²) >= 11 is 0. The van der Waals surface area contributed by atoms with Crippen LogP contribution in [0.15, 0.2) is 103 Å². The van der Waals surface area contributed by atoms with Crippen LogP contribution in [-0.2, 0) is 0 Å². The molecular weight excluding hydrogens is 408 g/mol. The number of hydrogen-bond acceptors (Lipinski definition) is 2. The van der Waals surface area contributed by atoms with E-state index >= 15 is 0 Å². The molecule has 3 N–H and O–H groups in total. The van der Waals surface area contributed by atoms with Crippen LogP contribution in [0, 0.1) is 0 Å². The smallest absolute Gasteiger partial charge is 0.255 e. The Morgan fingerprint density at radius 2 is 1.55 bits per heavy atom. The maximum Gasteiger partial charge on any atom is 0.255 e. The molecule has 0 saturated carbocycles. The van der Waals surface area contributed by atoms with Crippen molar-refractivity contribution in [1.82, 2.24) is 15.0 Å². The van der Waals surface area contributed by atoms with Crippen LogP contribution in [0.5, 0.6) is 0 Å². The number of hydrogen-bond donors (Lipinski definition) is 3. The van der Waals surface area contributed by atoms with E-state index in [9.17, 15) is 4.79 Å². The van der Waals surface area contributed by atoms with Gasteiger partial charge in [0.05, 0.1) is 11.0 Å². The number of benzene rings is 4. The number of anilines is 1. The molecule has 0 aliphatic rings. The molecular formula is C28H20N4O. The lowest BCUT2D eigenvalue weighted by molar-refractivity contribution is 0.102. The highest BCUT2D eigenvalue weighted by Crippen LogP contribution is 2.26. The number of nitrogens with one attached hydrogen (secondary N) is 3. The van der Waals surface area contributed by atoms with Gasteiger partial charge in [-0.3, -0.25) is 4.79 Å². The van der Waals surface area contributed by atoms with E-state index in [1.54, 1.807) is 0 Å². The number of rotatable bonds is 4. The molecule has 0 saturated heterocycles. The van der Waals surface area contributed by atoms with E-state index in [2.05, 4.69) is 39.6 Å². The molecule has 6 aromatic rings. The predicted molar refractivity (Wildman–Crippen MR) is 133 cm³/mol. The Bertz CT molecular complexity index is 1590. The first-order valence-electron chi connectivity index (χ1n) is 10.8. The monoisotopic (exact) mass is 428 g/mol. The number of fused-ring (bicyclic) bond motifs is 2. The van der Waals surface area contributed by atoms with Gasteiger partial charge >= 0.3 is 0 Å². The summed E-state index contributed by atoms with van der Waals surface area (Å²) in [6.07, 6.45) is 1.88. The molecule has 2 heterocycles. The van der Waals surface area contributed by atoms with Crippen molar-refractivity contribution in [2.45, 2.75) is 0 Å². The van der Waals surface area contributed by atoms with E-state index in [-0.39, 0.29) is 5.91 Å². The van der Waals surface area contributed by atoms with Crippen LogP contribution in [0.1, 0.15) is 10.4 Å². The van der Waals surface area contributed by atoms with E-state index in [1.165, 1.54) is 5.56 Å². The van der Waals surface area contributed by atoms with Crippen LogP contribution in [-0.4, -0.2) is 20.9 Å². The molecule has 0 aliphatic carbocycles. The summed E-state index contributed by atoms with van der Waals surface area (Å²) in [6.45, 7) is 0. The lowest BCUT2D eigenvalue weighted by Crippen LogP contribution is -2.11. The average Bonchev–Trinajstić information content (AvgIpc) is 3.51. The zero-order chi connectivity index (χ0) is 22.2. The van der Waals surface area contributed by atoms with Gasteiger partial charge in [-0.2, -0.15) is 0 Å². The van der Waals surface area contributed by atoms with E-state index in [1.807, 2.05) is 79.0 Å². The molecule has 0 bridgehead atoms. The molecule has 6 rings (SSSR count). The molecule has 5 heteroatoms. The van der Waals surface area contributed by atoms with Crippen molar-refractivity contribution in [3.05, 3.63) is 109 Å². The topological polar surface area (TPSA) is 73.6 Å². The molecule has 0 aliphatic heterocycles. The number of nitrogens with zero attached hydrogens (tertiary/aromatic N) is 1. The second-order valence-corrected chi connectivity index (χ2v) is 7.99. The predicted octanol–water partition coefficient (Wildman–Crippen LogP) is 6.63. The first-order valence-corrected chi connectivity index (χ1v) is 10.8. The highest BCUT2D eigenvalue weighted by Gasteiger charge is 2.10. The Morgan fingerprint density at radius 1 is 0.727 bits per heavy atom. The Balaban J connectivity index is 1.23. The van der Waals surface area contributed by atoms with Crippen LogP contribution >= 0.6 is 0 Å². The Labute approximate surface area is 190 Å². The normalized spacial score (nSPS) is 11.2. The van der Waals surface area contributed by atoms with Gasteiger partial charge in [-0.25, -0.2) is 4.98 Å². The SMILES string of the molecule is O=C(Nc1ccc2cc[nH]c2c1)c1ccc(-c2nc3ccc(-c4ccccc4)cc3[nH]2)cc1. The number of aromatic nitrogens is 3. The summed E-state index contributed by atoms with van der Waals surface area (Å²) in [5.41, 5.74) is 7.46. The Morgan fingerprint density at radius 3 is 2.39 bits per heavy atom. The van der Waals surface area contributed by atoms with Crippen molar-refractivity contribution in [3.8, 4) is 22.5 Å². The van der Waals surface area contributed by atoms with E-state index in [0.29, 0.717) is 5.56 Å². The fourth-order valence-corrected chi connectivity index (χ4v) is 4.06. The molecule has 1 amide bonds. The summed E-state index contributed by atoms with van der Waals surface area (Å²) in [6, 6.07) is 31.8. The van der Waals surface area contributed by atoms with Gasteiger partial charge in [-0.1, -0.05) is 54.6 Å². The van der Waals surface area contributed by atoms with Gasteiger partial charge in [-0.05, 0) is 59.0 Å². The molecule has 4 aromatic carbocycles. The summed E-state index contributed by atoms with van der Waals surface area (Å²) < 4.78 is 0. The van der Waals surface area contributed by atoms with Crippen LogP contribution in [0.4, 0.5) is 5.69 Å². The van der Waals surface area contributed by atoms with Gasteiger partial charge in [0, 0.05) is 28.5 Å². The minimum absolute atomic E-state index is 0.149. The Hall–Kier alpha value is -4.64. The third-order valence-electron chi connectivity index (χ3n) is 5.82. The van der Waals surface area contributed by atoms with Gasteiger partial charge < -0.3 is 15.3 Å². The molecule has 0 radical (unpaired) electrons. The molecule has 0 unspecified atom stereocenters. The summed E-state index contributed by atoms with van der Waals surface area (Å²) in [5.74, 6) is 0.629. The molecule has 5 nitrogen and oxygen atoms in total. The fourth-order valence-electron chi connectivity index (χ4n) is 4.06. The van der Waals surface area contributed by atoms with Crippen molar-refractivity contribution in [2.24, 2.45) is 0 Å². The van der Waals surface area contributed by atoms with Crippen molar-refractivity contribution >= 4 is 33.5 Å². The average molecular weight is 428 g/mol. The Kier molecular flexibility index (Phi) is 4.51. The van der Waals surface area contributed by atoms with Crippen LogP contribution in [0.2, 0.25) is 0 Å². The van der Waals surface area contributed by atoms with Gasteiger partial charge in [-0.15, -0.1) is 0 Å². The second kappa shape index (κ2) is 7.80. The lowest BCUT2D eigenvalue weighted by atomic mass is 10.1. The largest absolute Gasteiger partial charge is 0.361 e. The number of imidazole rings is 1. The van der Waals surface area contributed by atoms with E-state index < -0.39 is 0 Å². The zero-order valence-electron chi connectivity index (χ0n) is 17.7. The van der Waals surface area contributed by atoms with Crippen molar-refractivity contribution in [3.63, 3.8) is 0 Å². The molecule has 33 heavy (non-hydrogen) atoms. The number of H-pyrrole nitrogens is 2. The van der Waals surface area contributed by atoms with Gasteiger partial charge in [0.15, 0.2) is 0 Å². The number of carbonyl (C=O) groups is 1. The first kappa shape index (κ1) is 19.1. The van der Waals surface area contributed by atoms with Gasteiger partial charge in [0.25, 0.3) is 5.91 Å². The number of carbonyl (C=O) groups excluding carboxylic acids is 1. The summed E-state index contributed by atoms with van der Waals surface area (Å²) in [5, 5.41) is 4.07. The van der Waals surface area contributed by atoms with Crippen LogP contribution in [0.25, 0.3) is 44.5 Å². The van der Waals surface area contributed by atoms with E-state index in [0.717, 1.165) is 44.6 Å². The highest BCUT2D eigenvalue weighted by molar-refractivity contribution is 6.05. The molecule has 0 atom stereocenters. The quantitative estimate of drug-likeness (QED) is 0.295. The second-order valence-electron chi connectivity index (χ2n) is 7.99. The minimum atomic E-state index is -0.149. The van der Waals surface area contributed by atoms with Crippen LogP contribution in [0.3, 0.4) is 0 Å². The minimum Gasteiger partial charge on any atom is -0.361 e. The molecule has 0 spiro atoms. The maximum atomic E-state index is 12.7. The third-order valence-corrected chi connectivity index (χ3v) is 5.82. The van der Waals surface area contributed by atoms with Crippen molar-refractivity contribution in [2.75, 3.05) is 5.32 Å². The van der Waals surface area contributed by atoms with Crippen molar-refractivity contribution in [1.29, 1.82) is 0 Å². The van der Waals surface area contributed by atoms with Crippen LogP contribution < -0.4 is 5.32 Å². The molecule has 0 fully saturated rings. The number of amides is 1. The fraction of sp³-hybridized carbons (Fsp3) is 0. The molecule has 158 valence electrons. The first-order chi connectivity index (χ1) is 16.2. The summed E-state index contributed by atoms with van der Waals surface area (Å²) in [4.78, 5) is 24.0. The van der Waals surface area contributed by atoms with E-state index in [4.69, 9.17) is 4.98 Å². The summed E-state index contributed by atoms with van der Waals surface area (Å²) in [7, 11) is 0. The highest BCUT2D eigenvalue weighted by atomic mass is 16.1. The third kappa shape index (κ3) is 3.66.